The highest BCUT2D eigenvalue weighted by molar-refractivity contribution is 8.00. The number of H-pyrrole nitrogens is 1. The van der Waals surface area contributed by atoms with Gasteiger partial charge in [-0.2, -0.15) is 0 Å². The molecule has 1 aliphatic heterocycles. The monoisotopic (exact) mass is 398 g/mol. The molecule has 1 unspecified atom stereocenters. The molecule has 1 aromatic carbocycles. The van der Waals surface area contributed by atoms with Gasteiger partial charge >= 0.3 is 0 Å². The number of ether oxygens (including phenoxy) is 2. The number of benzene rings is 1. The van der Waals surface area contributed by atoms with Crippen LogP contribution in [0.5, 0.6) is 11.8 Å². The lowest BCUT2D eigenvalue weighted by molar-refractivity contribution is -0.130. The summed E-state index contributed by atoms with van der Waals surface area (Å²) in [5.74, 6) is 1.44. The molecule has 0 spiro atoms. The summed E-state index contributed by atoms with van der Waals surface area (Å²) in [6.07, 6.45) is 3.70. The minimum absolute atomic E-state index is 0.0708. The van der Waals surface area contributed by atoms with E-state index >= 15 is 0 Å². The van der Waals surface area contributed by atoms with Gasteiger partial charge < -0.3 is 19.4 Å². The van der Waals surface area contributed by atoms with Gasteiger partial charge in [0.15, 0.2) is 0 Å². The molecule has 8 heteroatoms. The topological polar surface area (TPSA) is 80.3 Å². The van der Waals surface area contributed by atoms with Crippen LogP contribution >= 0.6 is 11.8 Å². The highest BCUT2D eigenvalue weighted by Gasteiger charge is 2.25. The van der Waals surface area contributed by atoms with Crippen LogP contribution in [-0.2, 0) is 4.79 Å². The summed E-state index contributed by atoms with van der Waals surface area (Å²) in [5, 5.41) is 9.07. The number of likely N-dealkylation sites (tertiary alicyclic amines) is 1. The van der Waals surface area contributed by atoms with Crippen molar-refractivity contribution in [3.8, 4) is 11.8 Å². The Labute approximate surface area is 167 Å². The number of hydrogen-bond donors (Lipinski definition) is 1. The van der Waals surface area contributed by atoms with E-state index in [1.165, 1.54) is 0 Å². The maximum atomic E-state index is 12.7. The average Bonchev–Trinajstić information content (AvgIpc) is 3.16. The van der Waals surface area contributed by atoms with E-state index in [9.17, 15) is 4.79 Å². The summed E-state index contributed by atoms with van der Waals surface area (Å²) >= 11 is 1.57. The minimum atomic E-state index is -0.0708. The van der Waals surface area contributed by atoms with Crippen LogP contribution in [0.2, 0.25) is 0 Å². The Morgan fingerprint density at radius 1 is 1.25 bits per heavy atom. The van der Waals surface area contributed by atoms with Crippen molar-refractivity contribution in [3.63, 3.8) is 0 Å². The van der Waals surface area contributed by atoms with Gasteiger partial charge in [-0.25, -0.2) is 0 Å². The molecule has 0 radical (unpaired) electrons. The molecule has 3 aromatic rings. The molecule has 1 N–H and O–H groups in total. The lowest BCUT2D eigenvalue weighted by atomic mass is 10.1. The highest BCUT2D eigenvalue weighted by atomic mass is 32.2. The van der Waals surface area contributed by atoms with Crippen molar-refractivity contribution in [2.24, 2.45) is 0 Å². The number of carbonyl (C=O) groups excluding carboxylic acids is 1. The van der Waals surface area contributed by atoms with Crippen molar-refractivity contribution >= 4 is 28.6 Å². The second kappa shape index (κ2) is 8.52. The van der Waals surface area contributed by atoms with Gasteiger partial charge in [0.2, 0.25) is 17.7 Å². The molecule has 1 amide bonds. The van der Waals surface area contributed by atoms with E-state index in [1.807, 2.05) is 29.3 Å². The first-order valence-electron chi connectivity index (χ1n) is 9.24. The van der Waals surface area contributed by atoms with Gasteiger partial charge in [-0.3, -0.25) is 4.79 Å². The van der Waals surface area contributed by atoms with Crippen molar-refractivity contribution < 1.29 is 14.3 Å². The molecule has 0 saturated carbocycles. The number of piperidine rings is 1. The minimum Gasteiger partial charge on any atom is -0.480 e. The molecule has 0 aliphatic carbocycles. The van der Waals surface area contributed by atoms with E-state index in [0.717, 1.165) is 35.2 Å². The van der Waals surface area contributed by atoms with Gasteiger partial charge in [-0.15, -0.1) is 22.0 Å². The van der Waals surface area contributed by atoms with Gasteiger partial charge in [-0.05, 0) is 18.9 Å². The third-order valence-corrected chi connectivity index (χ3v) is 5.79. The van der Waals surface area contributed by atoms with E-state index in [-0.39, 0.29) is 12.0 Å². The van der Waals surface area contributed by atoms with E-state index in [4.69, 9.17) is 9.47 Å². The number of methoxy groups -OCH3 is 1. The third-order valence-electron chi connectivity index (χ3n) is 4.75. The summed E-state index contributed by atoms with van der Waals surface area (Å²) in [7, 11) is 1.55. The quantitative estimate of drug-likeness (QED) is 0.643. The fourth-order valence-electron chi connectivity index (χ4n) is 3.31. The summed E-state index contributed by atoms with van der Waals surface area (Å²) in [4.78, 5) is 18.9. The van der Waals surface area contributed by atoms with Crippen LogP contribution in [0.1, 0.15) is 12.8 Å². The SMILES string of the molecule is COc1ccc(OC2CCCN(C(=O)CSc3c[nH]c4ccccc34)C2)nn1. The molecule has 1 atom stereocenters. The first-order valence-corrected chi connectivity index (χ1v) is 10.2. The Hall–Kier alpha value is -2.74. The number of carbonyl (C=O) groups is 1. The normalized spacial score (nSPS) is 16.9. The standard InChI is InChI=1S/C20H22N4O3S/c1-26-18-8-9-19(23-22-18)27-14-5-4-10-24(12-14)20(25)13-28-17-11-21-16-7-3-2-6-15(16)17/h2-3,6-9,11,14,21H,4-5,10,12-13H2,1H3. The molecule has 146 valence electrons. The second-order valence-corrected chi connectivity index (χ2v) is 7.64. The Morgan fingerprint density at radius 3 is 2.89 bits per heavy atom. The predicted octanol–water partition coefficient (Wildman–Crippen LogP) is 3.13. The molecule has 28 heavy (non-hydrogen) atoms. The fourth-order valence-corrected chi connectivity index (χ4v) is 4.24. The molecule has 1 fully saturated rings. The van der Waals surface area contributed by atoms with Crippen LogP contribution in [0.15, 0.2) is 47.5 Å². The third kappa shape index (κ3) is 4.22. The lowest BCUT2D eigenvalue weighted by Gasteiger charge is -2.32. The van der Waals surface area contributed by atoms with Gasteiger partial charge in [-0.1, -0.05) is 18.2 Å². The zero-order chi connectivity index (χ0) is 19.3. The highest BCUT2D eigenvalue weighted by Crippen LogP contribution is 2.28. The summed E-state index contributed by atoms with van der Waals surface area (Å²) in [6.45, 7) is 1.34. The Morgan fingerprint density at radius 2 is 2.07 bits per heavy atom. The largest absolute Gasteiger partial charge is 0.480 e. The number of amides is 1. The summed E-state index contributed by atoms with van der Waals surface area (Å²) < 4.78 is 10.9. The van der Waals surface area contributed by atoms with E-state index in [0.29, 0.717) is 24.1 Å². The number of thioether (sulfide) groups is 1. The zero-order valence-corrected chi connectivity index (χ0v) is 16.4. The molecule has 1 aliphatic rings. The Kier molecular flexibility index (Phi) is 5.66. The maximum Gasteiger partial charge on any atom is 0.233 e. The van der Waals surface area contributed by atoms with E-state index < -0.39 is 0 Å². The molecule has 1 saturated heterocycles. The molecule has 4 rings (SSSR count). The Balaban J connectivity index is 1.32. The number of hydrogen-bond acceptors (Lipinski definition) is 6. The first kappa shape index (κ1) is 18.6. The van der Waals surface area contributed by atoms with E-state index in [2.05, 4.69) is 21.2 Å². The average molecular weight is 398 g/mol. The van der Waals surface area contributed by atoms with Crippen LogP contribution in [0.25, 0.3) is 10.9 Å². The second-order valence-electron chi connectivity index (χ2n) is 6.62. The Bertz CT molecular complexity index is 944. The van der Waals surface area contributed by atoms with Gasteiger partial charge in [0.1, 0.15) is 6.10 Å². The van der Waals surface area contributed by atoms with Crippen molar-refractivity contribution in [2.45, 2.75) is 23.8 Å². The van der Waals surface area contributed by atoms with Crippen molar-refractivity contribution in [1.29, 1.82) is 0 Å². The van der Waals surface area contributed by atoms with Crippen molar-refractivity contribution in [1.82, 2.24) is 20.1 Å². The van der Waals surface area contributed by atoms with Crippen LogP contribution in [0.3, 0.4) is 0 Å². The number of nitrogens with zero attached hydrogens (tertiary/aromatic N) is 3. The number of aromatic amines is 1. The molecular weight excluding hydrogens is 376 g/mol. The lowest BCUT2D eigenvalue weighted by Crippen LogP contribution is -2.45. The van der Waals surface area contributed by atoms with Crippen molar-refractivity contribution in [3.05, 3.63) is 42.6 Å². The summed E-state index contributed by atoms with van der Waals surface area (Å²) in [6, 6.07) is 11.6. The summed E-state index contributed by atoms with van der Waals surface area (Å²) in [5.41, 5.74) is 1.09. The van der Waals surface area contributed by atoms with Crippen LogP contribution in [0, 0.1) is 0 Å². The molecule has 3 heterocycles. The fraction of sp³-hybridized carbons (Fsp3) is 0.350. The van der Waals surface area contributed by atoms with E-state index in [1.54, 1.807) is 31.0 Å². The van der Waals surface area contributed by atoms with Crippen LogP contribution in [0.4, 0.5) is 0 Å². The van der Waals surface area contributed by atoms with Gasteiger partial charge in [0.05, 0.1) is 19.4 Å². The van der Waals surface area contributed by atoms with Crippen LogP contribution < -0.4 is 9.47 Å². The molecule has 2 aromatic heterocycles. The predicted molar refractivity (Wildman–Crippen MR) is 108 cm³/mol. The zero-order valence-electron chi connectivity index (χ0n) is 15.6. The van der Waals surface area contributed by atoms with Crippen LogP contribution in [-0.4, -0.2) is 58.0 Å². The maximum absolute atomic E-state index is 12.7. The number of fused-ring (bicyclic) bond motifs is 1. The van der Waals surface area contributed by atoms with Crippen molar-refractivity contribution in [2.75, 3.05) is 26.0 Å². The number of para-hydroxylation sites is 1. The molecular formula is C20H22N4O3S. The number of aromatic nitrogens is 3. The number of rotatable bonds is 6. The molecule has 7 nitrogen and oxygen atoms in total. The molecule has 0 bridgehead atoms. The number of nitrogens with one attached hydrogen (secondary N) is 1. The van der Waals surface area contributed by atoms with Gasteiger partial charge in [0, 0.05) is 40.7 Å². The first-order chi connectivity index (χ1) is 13.7. The smallest absolute Gasteiger partial charge is 0.233 e. The van der Waals surface area contributed by atoms with Gasteiger partial charge in [0.25, 0.3) is 0 Å².